The topological polar surface area (TPSA) is 70.1 Å². The third-order valence-corrected chi connectivity index (χ3v) is 7.98. The molecule has 2 fully saturated rings. The molecule has 6 nitrogen and oxygen atoms in total. The van der Waals surface area contributed by atoms with Gasteiger partial charge in [0, 0.05) is 30.3 Å². The molecule has 1 amide bonds. The summed E-state index contributed by atoms with van der Waals surface area (Å²) in [4.78, 5) is 17.7. The summed E-state index contributed by atoms with van der Waals surface area (Å²) in [6.45, 7) is 2.95. The Morgan fingerprint density at radius 1 is 1.12 bits per heavy atom. The average Bonchev–Trinajstić information content (AvgIpc) is 3.58. The number of nitrogens with zero attached hydrogens (tertiary/aromatic N) is 3. The van der Waals surface area contributed by atoms with Crippen LogP contribution in [0, 0.1) is 11.7 Å². The molecule has 2 heterocycles. The number of halogens is 1. The number of amidine groups is 1. The van der Waals surface area contributed by atoms with Crippen molar-refractivity contribution in [2.45, 2.75) is 49.6 Å². The van der Waals surface area contributed by atoms with E-state index in [1.54, 1.807) is 42.5 Å². The van der Waals surface area contributed by atoms with Gasteiger partial charge in [0.1, 0.15) is 10.7 Å². The molecule has 2 atom stereocenters. The lowest BCUT2D eigenvalue weighted by Gasteiger charge is -2.38. The van der Waals surface area contributed by atoms with Gasteiger partial charge in [0.25, 0.3) is 10.0 Å². The van der Waals surface area contributed by atoms with Gasteiger partial charge in [-0.1, -0.05) is 30.3 Å². The first-order chi connectivity index (χ1) is 15.4. The van der Waals surface area contributed by atoms with Gasteiger partial charge in [0.2, 0.25) is 5.91 Å². The number of hydrogen-bond donors (Lipinski definition) is 0. The lowest BCUT2D eigenvalue weighted by atomic mass is 9.94. The van der Waals surface area contributed by atoms with Gasteiger partial charge in [0.05, 0.1) is 12.0 Å². The van der Waals surface area contributed by atoms with E-state index < -0.39 is 10.0 Å². The normalized spacial score (nSPS) is 22.8. The SMILES string of the molecule is C[C@H](c1ccccc1F)N(C(=O)[C@H]1CCCN(C2=NS(=O)(=O)c3ccccc32)C1)C1CC1. The van der Waals surface area contributed by atoms with Gasteiger partial charge >= 0.3 is 0 Å². The minimum Gasteiger partial charge on any atom is -0.355 e. The Kier molecular flexibility index (Phi) is 5.28. The number of rotatable bonds is 4. The fourth-order valence-electron chi connectivity index (χ4n) is 4.90. The number of hydrogen-bond acceptors (Lipinski definition) is 4. The molecule has 0 unspecified atom stereocenters. The summed E-state index contributed by atoms with van der Waals surface area (Å²) in [5.41, 5.74) is 1.12. The lowest BCUT2D eigenvalue weighted by Crippen LogP contribution is -2.48. The second-order valence-corrected chi connectivity index (χ2v) is 10.4. The van der Waals surface area contributed by atoms with Crippen molar-refractivity contribution in [1.82, 2.24) is 9.80 Å². The van der Waals surface area contributed by atoms with Gasteiger partial charge in [-0.25, -0.2) is 4.39 Å². The second-order valence-electron chi connectivity index (χ2n) is 8.85. The number of piperidine rings is 1. The molecule has 0 aromatic heterocycles. The van der Waals surface area contributed by atoms with E-state index in [4.69, 9.17) is 0 Å². The summed E-state index contributed by atoms with van der Waals surface area (Å²) in [5.74, 6) is -0.136. The predicted molar refractivity (Wildman–Crippen MR) is 119 cm³/mol. The molecule has 1 saturated heterocycles. The summed E-state index contributed by atoms with van der Waals surface area (Å²) >= 11 is 0. The number of carbonyl (C=O) groups excluding carboxylic acids is 1. The van der Waals surface area contributed by atoms with E-state index in [2.05, 4.69) is 4.40 Å². The number of likely N-dealkylation sites (tertiary alicyclic amines) is 1. The van der Waals surface area contributed by atoms with Crippen molar-refractivity contribution in [2.75, 3.05) is 13.1 Å². The van der Waals surface area contributed by atoms with Crippen molar-refractivity contribution in [1.29, 1.82) is 0 Å². The summed E-state index contributed by atoms with van der Waals surface area (Å²) in [7, 11) is -3.71. The first-order valence-corrected chi connectivity index (χ1v) is 12.6. The van der Waals surface area contributed by atoms with Crippen LogP contribution in [0.15, 0.2) is 57.8 Å². The Bertz CT molecular complexity index is 1190. The van der Waals surface area contributed by atoms with Crippen LogP contribution in [0.25, 0.3) is 0 Å². The van der Waals surface area contributed by atoms with Crippen LogP contribution in [-0.2, 0) is 14.8 Å². The van der Waals surface area contributed by atoms with Gasteiger partial charge in [-0.3, -0.25) is 4.79 Å². The summed E-state index contributed by atoms with van der Waals surface area (Å²) < 4.78 is 43.4. The van der Waals surface area contributed by atoms with Crippen LogP contribution in [0.1, 0.15) is 49.8 Å². The standard InChI is InChI=1S/C24H26FN3O3S/c1-16(19-8-2-4-10-21(19)25)28(18-12-13-18)24(29)17-7-6-14-27(15-17)23-20-9-3-5-11-22(20)32(30,31)26-23/h2-5,8-11,16-18H,6-7,12-15H2,1H3/t16-,17+/m1/s1. The van der Waals surface area contributed by atoms with E-state index in [0.29, 0.717) is 30.1 Å². The van der Waals surface area contributed by atoms with Gasteiger partial charge in [-0.15, -0.1) is 4.40 Å². The fraction of sp³-hybridized carbons (Fsp3) is 0.417. The van der Waals surface area contributed by atoms with Crippen LogP contribution in [-0.4, -0.2) is 49.1 Å². The zero-order chi connectivity index (χ0) is 22.5. The molecule has 0 bridgehead atoms. The van der Waals surface area contributed by atoms with Gasteiger partial charge in [-0.05, 0) is 50.8 Å². The smallest absolute Gasteiger partial charge is 0.285 e. The highest BCUT2D eigenvalue weighted by Crippen LogP contribution is 2.38. The highest BCUT2D eigenvalue weighted by Gasteiger charge is 2.42. The van der Waals surface area contributed by atoms with E-state index in [0.717, 1.165) is 25.7 Å². The first kappa shape index (κ1) is 21.1. The maximum Gasteiger partial charge on any atom is 0.285 e. The van der Waals surface area contributed by atoms with Crippen molar-refractivity contribution < 1.29 is 17.6 Å². The number of carbonyl (C=O) groups is 1. The Labute approximate surface area is 187 Å². The fourth-order valence-corrected chi connectivity index (χ4v) is 6.13. The number of sulfonamides is 1. The van der Waals surface area contributed by atoms with Crippen molar-refractivity contribution in [2.24, 2.45) is 10.3 Å². The lowest BCUT2D eigenvalue weighted by molar-refractivity contribution is -0.139. The van der Waals surface area contributed by atoms with E-state index in [-0.39, 0.29) is 34.6 Å². The Morgan fingerprint density at radius 3 is 2.59 bits per heavy atom. The largest absolute Gasteiger partial charge is 0.355 e. The van der Waals surface area contributed by atoms with Crippen LogP contribution in [0.3, 0.4) is 0 Å². The molecule has 168 valence electrons. The zero-order valence-electron chi connectivity index (χ0n) is 17.9. The van der Waals surface area contributed by atoms with Gasteiger partial charge in [-0.2, -0.15) is 8.42 Å². The van der Waals surface area contributed by atoms with Crippen LogP contribution in [0.2, 0.25) is 0 Å². The molecule has 32 heavy (non-hydrogen) atoms. The van der Waals surface area contributed by atoms with Crippen LogP contribution >= 0.6 is 0 Å². The Hall–Kier alpha value is -2.74. The number of fused-ring (bicyclic) bond motifs is 1. The molecule has 1 aliphatic carbocycles. The molecule has 2 aromatic carbocycles. The average molecular weight is 456 g/mol. The first-order valence-electron chi connectivity index (χ1n) is 11.1. The number of amides is 1. The Balaban J connectivity index is 1.39. The molecule has 8 heteroatoms. The second kappa shape index (κ2) is 7.99. The van der Waals surface area contributed by atoms with Crippen LogP contribution in [0.5, 0.6) is 0 Å². The minimum atomic E-state index is -3.71. The van der Waals surface area contributed by atoms with Crippen LogP contribution in [0.4, 0.5) is 4.39 Å². The highest BCUT2D eigenvalue weighted by atomic mass is 32.2. The van der Waals surface area contributed by atoms with E-state index in [1.807, 2.05) is 16.7 Å². The molecule has 3 aliphatic rings. The van der Waals surface area contributed by atoms with Crippen LogP contribution < -0.4 is 0 Å². The summed E-state index contributed by atoms with van der Waals surface area (Å²) in [5, 5.41) is 0. The molecule has 1 saturated carbocycles. The molecule has 2 aromatic rings. The van der Waals surface area contributed by atoms with Gasteiger partial charge in [0.15, 0.2) is 5.84 Å². The molecular weight excluding hydrogens is 429 g/mol. The van der Waals surface area contributed by atoms with E-state index in [1.165, 1.54) is 6.07 Å². The van der Waals surface area contributed by atoms with E-state index in [9.17, 15) is 17.6 Å². The molecule has 2 aliphatic heterocycles. The third-order valence-electron chi connectivity index (χ3n) is 6.65. The molecule has 0 spiro atoms. The maximum atomic E-state index is 14.5. The molecule has 0 N–H and O–H groups in total. The summed E-state index contributed by atoms with van der Waals surface area (Å²) in [6, 6.07) is 13.2. The third kappa shape index (κ3) is 3.70. The Morgan fingerprint density at radius 2 is 1.84 bits per heavy atom. The number of benzene rings is 2. The zero-order valence-corrected chi connectivity index (χ0v) is 18.8. The van der Waals surface area contributed by atoms with Crippen molar-refractivity contribution >= 4 is 21.8 Å². The molecule has 0 radical (unpaired) electrons. The van der Waals surface area contributed by atoms with Gasteiger partial charge < -0.3 is 9.80 Å². The molecule has 5 rings (SSSR count). The van der Waals surface area contributed by atoms with Crippen molar-refractivity contribution in [3.63, 3.8) is 0 Å². The molecular formula is C24H26FN3O3S. The van der Waals surface area contributed by atoms with Crippen molar-refractivity contribution in [3.8, 4) is 0 Å². The minimum absolute atomic E-state index is 0.0164. The highest BCUT2D eigenvalue weighted by molar-refractivity contribution is 7.90. The maximum absolute atomic E-state index is 14.5. The quantitative estimate of drug-likeness (QED) is 0.704. The predicted octanol–water partition coefficient (Wildman–Crippen LogP) is 3.74. The van der Waals surface area contributed by atoms with Crippen molar-refractivity contribution in [3.05, 3.63) is 65.5 Å². The monoisotopic (exact) mass is 455 g/mol. The van der Waals surface area contributed by atoms with E-state index >= 15 is 0 Å². The summed E-state index contributed by atoms with van der Waals surface area (Å²) in [6.07, 6.45) is 3.35.